The molecule has 1 heterocycles. The average Bonchev–Trinajstić information content (AvgIpc) is 3.04. The lowest BCUT2D eigenvalue weighted by atomic mass is 10.0. The fourth-order valence-corrected chi connectivity index (χ4v) is 3.91. The molecule has 6 heteroatoms. The number of rotatable bonds is 7. The normalized spacial score (nSPS) is 13.6. The Bertz CT molecular complexity index is 1230. The van der Waals surface area contributed by atoms with E-state index in [1.165, 1.54) is 4.90 Å². The Hall–Kier alpha value is -3.57. The average molecular weight is 461 g/mol. The van der Waals surface area contributed by atoms with Gasteiger partial charge in [0.2, 0.25) is 0 Å². The third-order valence-electron chi connectivity index (χ3n) is 5.73. The van der Waals surface area contributed by atoms with E-state index in [0.717, 1.165) is 22.4 Å². The second-order valence-corrected chi connectivity index (χ2v) is 8.47. The van der Waals surface area contributed by atoms with Gasteiger partial charge in [0.1, 0.15) is 11.4 Å². The second kappa shape index (κ2) is 9.51. The summed E-state index contributed by atoms with van der Waals surface area (Å²) in [5.41, 5.74) is 5.01. The van der Waals surface area contributed by atoms with Crippen LogP contribution in [0.2, 0.25) is 5.02 Å². The molecule has 4 rings (SSSR count). The highest BCUT2D eigenvalue weighted by Crippen LogP contribution is 2.32. The highest BCUT2D eigenvalue weighted by molar-refractivity contribution is 6.36. The smallest absolute Gasteiger partial charge is 0.278 e. The molecule has 0 bridgehead atoms. The summed E-state index contributed by atoms with van der Waals surface area (Å²) in [6.07, 6.45) is 0.548. The number of carbonyl (C=O) groups excluding carboxylic acids is 2. The maximum absolute atomic E-state index is 13.4. The lowest BCUT2D eigenvalue weighted by molar-refractivity contribution is -0.136. The number of aryl methyl sites for hydroxylation is 2. The Morgan fingerprint density at radius 1 is 0.909 bits per heavy atom. The van der Waals surface area contributed by atoms with Crippen molar-refractivity contribution in [1.29, 1.82) is 0 Å². The Morgan fingerprint density at radius 3 is 2.24 bits per heavy atom. The van der Waals surface area contributed by atoms with Gasteiger partial charge in [0.15, 0.2) is 0 Å². The summed E-state index contributed by atoms with van der Waals surface area (Å²) in [7, 11) is 1.62. The molecule has 2 amide bonds. The molecule has 1 N–H and O–H groups in total. The van der Waals surface area contributed by atoms with Gasteiger partial charge in [-0.2, -0.15) is 0 Å². The molecule has 1 aliphatic heterocycles. The molecule has 0 unspecified atom stereocenters. The van der Waals surface area contributed by atoms with Crippen LogP contribution in [0, 0.1) is 13.8 Å². The first kappa shape index (κ1) is 22.6. The Labute approximate surface area is 198 Å². The summed E-state index contributed by atoms with van der Waals surface area (Å²) in [5, 5.41) is 3.75. The summed E-state index contributed by atoms with van der Waals surface area (Å²) >= 11 is 6.28. The summed E-state index contributed by atoms with van der Waals surface area (Å²) < 4.78 is 5.20. The molecule has 0 fully saturated rings. The van der Waals surface area contributed by atoms with E-state index in [2.05, 4.69) is 5.32 Å². The van der Waals surface area contributed by atoms with E-state index >= 15 is 0 Å². The van der Waals surface area contributed by atoms with Crippen LogP contribution in [0.4, 0.5) is 5.69 Å². The van der Waals surface area contributed by atoms with E-state index in [9.17, 15) is 9.59 Å². The van der Waals surface area contributed by atoms with Crippen LogP contribution in [0.5, 0.6) is 5.75 Å². The van der Waals surface area contributed by atoms with Gasteiger partial charge in [0, 0.05) is 17.3 Å². The standard InChI is InChI=1S/C27H25ClN2O3/c1-17-4-9-20(10-5-17)24-25(29-21-11-6-18(2)23(28)16-21)27(32)30(26(24)31)15-14-19-7-12-22(33-3)13-8-19/h4-13,16,29H,14-15H2,1-3H3. The number of nitrogens with zero attached hydrogens (tertiary/aromatic N) is 1. The van der Waals surface area contributed by atoms with Gasteiger partial charge in [-0.3, -0.25) is 14.5 Å². The number of carbonyl (C=O) groups is 2. The third-order valence-corrected chi connectivity index (χ3v) is 6.14. The van der Waals surface area contributed by atoms with Gasteiger partial charge in [-0.05, 0) is 61.2 Å². The summed E-state index contributed by atoms with van der Waals surface area (Å²) in [6, 6.07) is 20.7. The molecule has 168 valence electrons. The summed E-state index contributed by atoms with van der Waals surface area (Å²) in [5.74, 6) is 0.109. The van der Waals surface area contributed by atoms with Crippen molar-refractivity contribution >= 4 is 34.7 Å². The van der Waals surface area contributed by atoms with Gasteiger partial charge in [0.05, 0.1) is 12.7 Å². The zero-order valence-electron chi connectivity index (χ0n) is 18.8. The van der Waals surface area contributed by atoms with Crippen molar-refractivity contribution in [2.75, 3.05) is 19.0 Å². The number of halogens is 1. The summed E-state index contributed by atoms with van der Waals surface area (Å²) in [6.45, 7) is 4.17. The lowest BCUT2D eigenvalue weighted by Gasteiger charge is -2.15. The Balaban J connectivity index is 1.64. The van der Waals surface area contributed by atoms with Crippen molar-refractivity contribution in [3.05, 3.63) is 99.7 Å². The lowest BCUT2D eigenvalue weighted by Crippen LogP contribution is -2.34. The van der Waals surface area contributed by atoms with Gasteiger partial charge in [0.25, 0.3) is 11.8 Å². The van der Waals surface area contributed by atoms with E-state index in [0.29, 0.717) is 28.3 Å². The minimum atomic E-state index is -0.346. The molecule has 33 heavy (non-hydrogen) atoms. The maximum Gasteiger partial charge on any atom is 0.278 e. The SMILES string of the molecule is COc1ccc(CCN2C(=O)C(Nc3ccc(C)c(Cl)c3)=C(c3ccc(C)cc3)C2=O)cc1. The van der Waals surface area contributed by atoms with Crippen molar-refractivity contribution in [2.45, 2.75) is 20.3 Å². The number of benzene rings is 3. The first-order chi connectivity index (χ1) is 15.9. The van der Waals surface area contributed by atoms with Crippen molar-refractivity contribution in [3.8, 4) is 5.75 Å². The largest absolute Gasteiger partial charge is 0.497 e. The highest BCUT2D eigenvalue weighted by atomic mass is 35.5. The number of methoxy groups -OCH3 is 1. The van der Waals surface area contributed by atoms with Crippen LogP contribution in [0.1, 0.15) is 22.3 Å². The molecule has 0 aliphatic carbocycles. The van der Waals surface area contributed by atoms with E-state index < -0.39 is 0 Å². The topological polar surface area (TPSA) is 58.6 Å². The molecule has 3 aromatic rings. The summed E-state index contributed by atoms with van der Waals surface area (Å²) in [4.78, 5) is 28.1. The van der Waals surface area contributed by atoms with Crippen molar-refractivity contribution in [3.63, 3.8) is 0 Å². The fourth-order valence-electron chi connectivity index (χ4n) is 3.73. The number of amides is 2. The maximum atomic E-state index is 13.4. The zero-order chi connectivity index (χ0) is 23.5. The Kier molecular flexibility index (Phi) is 6.52. The first-order valence-corrected chi connectivity index (χ1v) is 11.1. The van der Waals surface area contributed by atoms with Crippen molar-refractivity contribution in [1.82, 2.24) is 4.90 Å². The minimum absolute atomic E-state index is 0.263. The predicted octanol–water partition coefficient (Wildman–Crippen LogP) is 5.40. The predicted molar refractivity (Wildman–Crippen MR) is 131 cm³/mol. The zero-order valence-corrected chi connectivity index (χ0v) is 19.6. The van der Waals surface area contributed by atoms with Crippen LogP contribution in [0.25, 0.3) is 5.57 Å². The van der Waals surface area contributed by atoms with Gasteiger partial charge in [-0.15, -0.1) is 0 Å². The van der Waals surface area contributed by atoms with Crippen LogP contribution in [-0.2, 0) is 16.0 Å². The van der Waals surface area contributed by atoms with Crippen LogP contribution < -0.4 is 10.1 Å². The molecule has 1 aliphatic rings. The van der Waals surface area contributed by atoms with Gasteiger partial charge in [-0.25, -0.2) is 0 Å². The molecule has 0 radical (unpaired) electrons. The molecule has 0 spiro atoms. The first-order valence-electron chi connectivity index (χ1n) is 10.7. The third kappa shape index (κ3) is 4.78. The molecule has 0 saturated carbocycles. The van der Waals surface area contributed by atoms with E-state index in [1.807, 2.05) is 74.5 Å². The molecule has 3 aromatic carbocycles. The number of nitrogens with one attached hydrogen (secondary N) is 1. The number of hydrogen-bond donors (Lipinski definition) is 1. The molecule has 0 atom stereocenters. The van der Waals surface area contributed by atoms with Gasteiger partial charge in [-0.1, -0.05) is 59.6 Å². The molecule has 0 saturated heterocycles. The van der Waals surface area contributed by atoms with Gasteiger partial charge >= 0.3 is 0 Å². The van der Waals surface area contributed by atoms with Crippen molar-refractivity contribution in [2.24, 2.45) is 0 Å². The van der Waals surface area contributed by atoms with E-state index in [4.69, 9.17) is 16.3 Å². The number of ether oxygens (including phenoxy) is 1. The van der Waals surface area contributed by atoms with E-state index in [-0.39, 0.29) is 24.1 Å². The van der Waals surface area contributed by atoms with E-state index in [1.54, 1.807) is 13.2 Å². The monoisotopic (exact) mass is 460 g/mol. The van der Waals surface area contributed by atoms with Crippen LogP contribution >= 0.6 is 11.6 Å². The second-order valence-electron chi connectivity index (χ2n) is 8.07. The van der Waals surface area contributed by atoms with Crippen molar-refractivity contribution < 1.29 is 14.3 Å². The molecular weight excluding hydrogens is 436 g/mol. The van der Waals surface area contributed by atoms with Crippen LogP contribution in [0.3, 0.4) is 0 Å². The number of anilines is 1. The van der Waals surface area contributed by atoms with Crippen LogP contribution in [0.15, 0.2) is 72.4 Å². The fraction of sp³-hybridized carbons (Fsp3) is 0.185. The molecule has 0 aromatic heterocycles. The highest BCUT2D eigenvalue weighted by Gasteiger charge is 2.38. The number of imide groups is 1. The van der Waals surface area contributed by atoms with Crippen LogP contribution in [-0.4, -0.2) is 30.4 Å². The molecule has 5 nitrogen and oxygen atoms in total. The Morgan fingerprint density at radius 2 is 1.61 bits per heavy atom. The quantitative estimate of drug-likeness (QED) is 0.479. The number of hydrogen-bond acceptors (Lipinski definition) is 4. The van der Waals surface area contributed by atoms with Gasteiger partial charge < -0.3 is 10.1 Å². The molecular formula is C27H25ClN2O3. The minimum Gasteiger partial charge on any atom is -0.497 e.